The maximum absolute atomic E-state index is 14.8. The minimum atomic E-state index is -3.95. The van der Waals surface area contributed by atoms with Gasteiger partial charge in [0.25, 0.3) is 0 Å². The Bertz CT molecular complexity index is 1470. The molecule has 1 aliphatic rings. The molecule has 1 aliphatic heterocycles. The van der Waals surface area contributed by atoms with Crippen LogP contribution in [0.1, 0.15) is 30.9 Å². The molecule has 1 heterocycles. The number of hydrogen-bond donors (Lipinski definition) is 1. The maximum atomic E-state index is 14.8. The number of nitrogens with zero attached hydrogens (tertiary/aromatic N) is 2. The molecule has 3 aromatic rings. The summed E-state index contributed by atoms with van der Waals surface area (Å²) in [5, 5.41) is 2.89. The second-order valence-electron chi connectivity index (χ2n) is 9.77. The first kappa shape index (κ1) is 29.9. The molecule has 0 bridgehead atoms. The van der Waals surface area contributed by atoms with E-state index in [1.54, 1.807) is 12.1 Å². The van der Waals surface area contributed by atoms with Gasteiger partial charge in [0.05, 0.1) is 11.9 Å². The molecule has 0 saturated heterocycles. The molecule has 4 rings (SSSR count). The molecule has 0 saturated carbocycles. The molecule has 1 N–H and O–H groups in total. The van der Waals surface area contributed by atoms with Crippen LogP contribution >= 0.6 is 0 Å². The fraction of sp³-hybridized carbons (Fsp3) is 0.333. The van der Waals surface area contributed by atoms with Gasteiger partial charge in [-0.3, -0.25) is 13.9 Å². The highest BCUT2D eigenvalue weighted by Gasteiger charge is 2.33. The Balaban J connectivity index is 1.72. The van der Waals surface area contributed by atoms with Gasteiger partial charge < -0.3 is 19.7 Å². The molecular weight excluding hydrogens is 549 g/mol. The van der Waals surface area contributed by atoms with E-state index >= 15 is 0 Å². The number of hydrogen-bond acceptors (Lipinski definition) is 6. The molecule has 0 radical (unpaired) electrons. The lowest BCUT2D eigenvalue weighted by Crippen LogP contribution is -2.53. The molecule has 41 heavy (non-hydrogen) atoms. The van der Waals surface area contributed by atoms with E-state index in [0.717, 1.165) is 29.0 Å². The highest BCUT2D eigenvalue weighted by molar-refractivity contribution is 7.92. The number of amides is 2. The number of sulfonamides is 1. The number of carbonyl (C=O) groups excluding carboxylic acids is 2. The second-order valence-corrected chi connectivity index (χ2v) is 11.7. The van der Waals surface area contributed by atoms with Crippen molar-refractivity contribution >= 4 is 27.5 Å². The summed E-state index contributed by atoms with van der Waals surface area (Å²) in [5.74, 6) is -0.791. The van der Waals surface area contributed by atoms with Crippen molar-refractivity contribution in [2.75, 3.05) is 30.4 Å². The van der Waals surface area contributed by atoms with Crippen molar-refractivity contribution in [2.24, 2.45) is 0 Å². The molecule has 9 nitrogen and oxygen atoms in total. The number of halogens is 1. The van der Waals surface area contributed by atoms with Gasteiger partial charge in [-0.1, -0.05) is 61.9 Å². The number of anilines is 1. The molecule has 1 atom stereocenters. The van der Waals surface area contributed by atoms with Gasteiger partial charge in [-0.25, -0.2) is 12.8 Å². The number of fused-ring (bicyclic) bond motifs is 1. The average Bonchev–Trinajstić information content (AvgIpc) is 3.42. The van der Waals surface area contributed by atoms with E-state index < -0.39 is 40.2 Å². The first-order valence-electron chi connectivity index (χ1n) is 13.4. The fourth-order valence-electron chi connectivity index (χ4n) is 4.52. The van der Waals surface area contributed by atoms with E-state index in [0.29, 0.717) is 18.0 Å². The number of carbonyl (C=O) groups is 2. The van der Waals surface area contributed by atoms with Gasteiger partial charge in [0.15, 0.2) is 11.5 Å². The Morgan fingerprint density at radius 3 is 2.41 bits per heavy atom. The minimum absolute atomic E-state index is 0.00131. The van der Waals surface area contributed by atoms with Gasteiger partial charge >= 0.3 is 0 Å². The van der Waals surface area contributed by atoms with E-state index in [1.165, 1.54) is 35.2 Å². The van der Waals surface area contributed by atoms with Gasteiger partial charge in [-0.15, -0.1) is 0 Å². The summed E-state index contributed by atoms with van der Waals surface area (Å²) >= 11 is 0. The van der Waals surface area contributed by atoms with E-state index in [4.69, 9.17) is 9.47 Å². The van der Waals surface area contributed by atoms with Crippen LogP contribution in [0.4, 0.5) is 10.1 Å². The Morgan fingerprint density at radius 2 is 1.71 bits per heavy atom. The topological polar surface area (TPSA) is 105 Å². The average molecular weight is 584 g/mol. The third kappa shape index (κ3) is 7.75. The van der Waals surface area contributed by atoms with Crippen LogP contribution in [0.5, 0.6) is 11.5 Å². The Kier molecular flexibility index (Phi) is 9.82. The largest absolute Gasteiger partial charge is 0.454 e. The summed E-state index contributed by atoms with van der Waals surface area (Å²) in [6, 6.07) is 18.7. The highest BCUT2D eigenvalue weighted by Crippen LogP contribution is 2.36. The van der Waals surface area contributed by atoms with E-state index in [9.17, 15) is 22.4 Å². The zero-order chi connectivity index (χ0) is 29.4. The Labute approximate surface area is 239 Å². The lowest BCUT2D eigenvalue weighted by molar-refractivity contribution is -0.140. The van der Waals surface area contributed by atoms with Crippen LogP contribution in [0.15, 0.2) is 72.8 Å². The highest BCUT2D eigenvalue weighted by atomic mass is 32.2. The lowest BCUT2D eigenvalue weighted by atomic mass is 10.0. The zero-order valence-corrected chi connectivity index (χ0v) is 23.9. The summed E-state index contributed by atoms with van der Waals surface area (Å²) in [7, 11) is -3.95. The maximum Gasteiger partial charge on any atom is 0.244 e. The minimum Gasteiger partial charge on any atom is -0.454 e. The summed E-state index contributed by atoms with van der Waals surface area (Å²) in [6.45, 7) is 1.57. The Morgan fingerprint density at radius 1 is 1.00 bits per heavy atom. The van der Waals surface area contributed by atoms with Crippen LogP contribution in [0, 0.1) is 5.82 Å². The molecule has 3 aromatic carbocycles. The quantitative estimate of drug-likeness (QED) is 0.306. The third-order valence-electron chi connectivity index (χ3n) is 6.72. The number of nitrogens with one attached hydrogen (secondary N) is 1. The van der Waals surface area contributed by atoms with Crippen molar-refractivity contribution < 1.29 is 31.9 Å². The predicted molar refractivity (Wildman–Crippen MR) is 154 cm³/mol. The molecule has 2 amide bonds. The molecule has 0 aromatic heterocycles. The number of ether oxygens (including phenoxy) is 2. The van der Waals surface area contributed by atoms with Crippen molar-refractivity contribution in [3.63, 3.8) is 0 Å². The van der Waals surface area contributed by atoms with Crippen LogP contribution in [0.2, 0.25) is 0 Å². The molecule has 0 unspecified atom stereocenters. The number of benzene rings is 3. The van der Waals surface area contributed by atoms with Crippen LogP contribution < -0.4 is 19.1 Å². The molecule has 0 aliphatic carbocycles. The first-order valence-corrected chi connectivity index (χ1v) is 15.2. The smallest absolute Gasteiger partial charge is 0.244 e. The summed E-state index contributed by atoms with van der Waals surface area (Å²) in [4.78, 5) is 28.9. The molecule has 218 valence electrons. The predicted octanol–water partition coefficient (Wildman–Crippen LogP) is 3.88. The van der Waals surface area contributed by atoms with Gasteiger partial charge in [0, 0.05) is 31.1 Å². The summed E-state index contributed by atoms with van der Waals surface area (Å²) in [6.07, 6.45) is 2.75. The van der Waals surface area contributed by atoms with Gasteiger partial charge in [0.2, 0.25) is 28.6 Å². The van der Waals surface area contributed by atoms with Crippen molar-refractivity contribution in [1.29, 1.82) is 0 Å². The zero-order valence-electron chi connectivity index (χ0n) is 23.1. The summed E-state index contributed by atoms with van der Waals surface area (Å²) in [5.41, 5.74) is 1.20. The molecule has 11 heteroatoms. The first-order chi connectivity index (χ1) is 19.7. The molecular formula is C30H34FN3O6S. The van der Waals surface area contributed by atoms with Crippen LogP contribution in [0.3, 0.4) is 0 Å². The van der Waals surface area contributed by atoms with Crippen molar-refractivity contribution in [1.82, 2.24) is 10.2 Å². The number of rotatable bonds is 13. The normalized spacial score (nSPS) is 13.0. The lowest BCUT2D eigenvalue weighted by Gasteiger charge is -2.33. The van der Waals surface area contributed by atoms with Crippen LogP contribution in [0.25, 0.3) is 0 Å². The van der Waals surface area contributed by atoms with Gasteiger partial charge in [-0.2, -0.15) is 0 Å². The van der Waals surface area contributed by atoms with Crippen LogP contribution in [-0.4, -0.2) is 57.3 Å². The van der Waals surface area contributed by atoms with Gasteiger partial charge in [-0.05, 0) is 30.2 Å². The van der Waals surface area contributed by atoms with E-state index in [-0.39, 0.29) is 31.0 Å². The monoisotopic (exact) mass is 583 g/mol. The van der Waals surface area contributed by atoms with Crippen molar-refractivity contribution in [3.05, 3.63) is 89.7 Å². The standard InChI is InChI=1S/C30H34FN3O6S/c1-3-4-16-32-30(36)26(17-22-10-6-5-7-11-22)33(19-23-12-8-9-13-25(23)31)29(35)20-34(41(2,37)38)24-14-15-27-28(18-24)40-21-39-27/h5-15,18,26H,3-4,16-17,19-21H2,1-2H3,(H,32,36)/t26-/m0/s1. The van der Waals surface area contributed by atoms with Crippen molar-refractivity contribution in [2.45, 2.75) is 38.8 Å². The van der Waals surface area contributed by atoms with Gasteiger partial charge in [0.1, 0.15) is 18.4 Å². The third-order valence-corrected chi connectivity index (χ3v) is 7.86. The van der Waals surface area contributed by atoms with Crippen molar-refractivity contribution in [3.8, 4) is 11.5 Å². The summed E-state index contributed by atoms with van der Waals surface area (Å²) < 4.78 is 52.3. The Hall–Kier alpha value is -4.12. The SMILES string of the molecule is CCCCNC(=O)[C@H](Cc1ccccc1)N(Cc1ccccc1F)C(=O)CN(c1ccc2c(c1)OCO2)S(C)(=O)=O. The van der Waals surface area contributed by atoms with E-state index in [1.807, 2.05) is 37.3 Å². The fourth-order valence-corrected chi connectivity index (χ4v) is 5.37. The van der Waals surface area contributed by atoms with Crippen LogP contribution in [-0.2, 0) is 32.6 Å². The molecule has 0 fully saturated rings. The number of unbranched alkanes of at least 4 members (excludes halogenated alkanes) is 1. The van der Waals surface area contributed by atoms with E-state index in [2.05, 4.69) is 5.32 Å². The second kappa shape index (κ2) is 13.5. The molecule has 0 spiro atoms.